The number of piperidine rings is 1. The Labute approximate surface area is 178 Å². The summed E-state index contributed by atoms with van der Waals surface area (Å²) < 4.78 is 3.41. The summed E-state index contributed by atoms with van der Waals surface area (Å²) in [6.07, 6.45) is 6.67. The molecule has 0 spiro atoms. The minimum absolute atomic E-state index is 0.0219. The van der Waals surface area contributed by atoms with Gasteiger partial charge in [-0.25, -0.2) is 0 Å². The molecule has 1 saturated heterocycles. The van der Waals surface area contributed by atoms with E-state index in [0.29, 0.717) is 31.1 Å². The van der Waals surface area contributed by atoms with Gasteiger partial charge in [-0.3, -0.25) is 24.4 Å². The van der Waals surface area contributed by atoms with Gasteiger partial charge in [0.25, 0.3) is 11.6 Å². The maximum atomic E-state index is 12.8. The minimum Gasteiger partial charge on any atom is -0.352 e. The summed E-state index contributed by atoms with van der Waals surface area (Å²) in [5, 5.41) is 18.6. The number of aryl methyl sites for hydroxylation is 1. The van der Waals surface area contributed by atoms with Crippen LogP contribution in [0.4, 0.5) is 5.69 Å². The summed E-state index contributed by atoms with van der Waals surface area (Å²) in [7, 11) is 1.77. The van der Waals surface area contributed by atoms with Crippen molar-refractivity contribution in [1.29, 1.82) is 0 Å². The molecule has 2 amide bonds. The number of hydrogen-bond donors (Lipinski definition) is 1. The van der Waals surface area contributed by atoms with Crippen LogP contribution in [0.15, 0.2) is 42.9 Å². The number of benzene rings is 1. The average Bonchev–Trinajstić information content (AvgIpc) is 3.38. The van der Waals surface area contributed by atoms with Crippen LogP contribution in [0.1, 0.15) is 23.2 Å². The first-order valence-corrected chi connectivity index (χ1v) is 10.2. The van der Waals surface area contributed by atoms with E-state index in [9.17, 15) is 19.7 Å². The van der Waals surface area contributed by atoms with Crippen LogP contribution in [-0.2, 0) is 18.4 Å². The fourth-order valence-corrected chi connectivity index (χ4v) is 3.95. The second-order valence-corrected chi connectivity index (χ2v) is 7.88. The predicted octanol–water partition coefficient (Wildman–Crippen LogP) is 1.95. The van der Waals surface area contributed by atoms with E-state index in [1.807, 2.05) is 9.47 Å². The number of carbonyl (C=O) groups excluding carboxylic acids is 2. The number of nitro benzene ring substituents is 1. The zero-order valence-corrected chi connectivity index (χ0v) is 17.2. The number of rotatable bonds is 6. The third-order valence-electron chi connectivity index (χ3n) is 5.76. The van der Waals surface area contributed by atoms with Gasteiger partial charge in [0.2, 0.25) is 5.91 Å². The lowest BCUT2D eigenvalue weighted by molar-refractivity contribution is -0.384. The van der Waals surface area contributed by atoms with Gasteiger partial charge in [0.1, 0.15) is 6.54 Å². The zero-order valence-electron chi connectivity index (χ0n) is 17.2. The average molecular weight is 424 g/mol. The molecule has 1 aromatic carbocycles. The molecule has 0 unspecified atom stereocenters. The highest BCUT2D eigenvalue weighted by Gasteiger charge is 2.24. The van der Waals surface area contributed by atoms with Gasteiger partial charge < -0.3 is 14.8 Å². The van der Waals surface area contributed by atoms with Crippen LogP contribution in [0.5, 0.6) is 0 Å². The molecule has 1 N–H and O–H groups in total. The summed E-state index contributed by atoms with van der Waals surface area (Å²) in [6.45, 7) is 2.08. The third kappa shape index (κ3) is 4.57. The molecule has 0 saturated carbocycles. The summed E-state index contributed by atoms with van der Waals surface area (Å²) in [5.74, 6) is 0.220. The van der Waals surface area contributed by atoms with Crippen LogP contribution < -0.4 is 5.32 Å². The number of amides is 2. The molecule has 0 radical (unpaired) electrons. The number of non-ortho nitro benzene ring substituents is 1. The van der Waals surface area contributed by atoms with E-state index in [0.717, 1.165) is 23.7 Å². The number of hydrogen-bond acceptors (Lipinski definition) is 5. The lowest BCUT2D eigenvalue weighted by atomic mass is 9.96. The smallest absolute Gasteiger partial charge is 0.270 e. The van der Waals surface area contributed by atoms with Crippen LogP contribution in [0, 0.1) is 16.0 Å². The molecular formula is C21H24N6O4. The molecule has 10 nitrogen and oxygen atoms in total. The first-order chi connectivity index (χ1) is 14.9. The van der Waals surface area contributed by atoms with Crippen LogP contribution in [0.2, 0.25) is 0 Å². The van der Waals surface area contributed by atoms with E-state index in [4.69, 9.17) is 0 Å². The number of nitro groups is 1. The number of carbonyl (C=O) groups is 2. The first kappa shape index (κ1) is 20.6. The molecule has 0 atom stereocenters. The van der Waals surface area contributed by atoms with Crippen molar-refractivity contribution in [1.82, 2.24) is 24.6 Å². The fourth-order valence-electron chi connectivity index (χ4n) is 3.95. The topological polar surface area (TPSA) is 115 Å². The number of fused-ring (bicyclic) bond motifs is 1. The Morgan fingerprint density at radius 3 is 2.71 bits per heavy atom. The summed E-state index contributed by atoms with van der Waals surface area (Å²) in [4.78, 5) is 37.3. The summed E-state index contributed by atoms with van der Waals surface area (Å²) in [5.41, 5.74) is 1.38. The van der Waals surface area contributed by atoms with E-state index >= 15 is 0 Å². The Morgan fingerprint density at radius 1 is 1.26 bits per heavy atom. The van der Waals surface area contributed by atoms with Crippen molar-refractivity contribution >= 4 is 28.4 Å². The van der Waals surface area contributed by atoms with Gasteiger partial charge in [-0.1, -0.05) is 0 Å². The Kier molecular flexibility index (Phi) is 5.70. The van der Waals surface area contributed by atoms with Gasteiger partial charge in [0, 0.05) is 62.1 Å². The van der Waals surface area contributed by atoms with E-state index in [1.165, 1.54) is 12.1 Å². The molecule has 162 valence electrons. The van der Waals surface area contributed by atoms with E-state index in [2.05, 4.69) is 10.4 Å². The highest BCUT2D eigenvalue weighted by Crippen LogP contribution is 2.23. The maximum Gasteiger partial charge on any atom is 0.270 e. The lowest BCUT2D eigenvalue weighted by Gasteiger charge is -2.32. The second-order valence-electron chi connectivity index (χ2n) is 7.88. The van der Waals surface area contributed by atoms with Crippen molar-refractivity contribution in [2.75, 3.05) is 19.6 Å². The Hall–Kier alpha value is -3.69. The molecule has 31 heavy (non-hydrogen) atoms. The predicted molar refractivity (Wildman–Crippen MR) is 113 cm³/mol. The molecule has 0 bridgehead atoms. The highest BCUT2D eigenvalue weighted by molar-refractivity contribution is 5.93. The SMILES string of the molecule is Cn1cc(C(=O)NCC2CCN(C(=O)Cn3ccc4cc([N+](=O)[O-])ccc43)CC2)cn1. The molecule has 1 fully saturated rings. The molecule has 3 heterocycles. The zero-order chi connectivity index (χ0) is 22.0. The van der Waals surface area contributed by atoms with Crippen LogP contribution in [0.25, 0.3) is 10.9 Å². The van der Waals surface area contributed by atoms with Crippen molar-refractivity contribution in [3.8, 4) is 0 Å². The normalized spacial score (nSPS) is 14.7. The van der Waals surface area contributed by atoms with Gasteiger partial charge in [-0.2, -0.15) is 5.10 Å². The molecule has 1 aliphatic heterocycles. The van der Waals surface area contributed by atoms with Crippen molar-refractivity contribution in [2.45, 2.75) is 19.4 Å². The van der Waals surface area contributed by atoms with Crippen molar-refractivity contribution in [3.63, 3.8) is 0 Å². The molecular weight excluding hydrogens is 400 g/mol. The van der Waals surface area contributed by atoms with Gasteiger partial charge >= 0.3 is 0 Å². The Balaban J connectivity index is 1.28. The monoisotopic (exact) mass is 424 g/mol. The number of nitrogens with one attached hydrogen (secondary N) is 1. The highest BCUT2D eigenvalue weighted by atomic mass is 16.6. The van der Waals surface area contributed by atoms with Crippen LogP contribution in [-0.4, -0.2) is 55.6 Å². The fraction of sp³-hybridized carbons (Fsp3) is 0.381. The van der Waals surface area contributed by atoms with Gasteiger partial charge in [-0.05, 0) is 30.9 Å². The molecule has 0 aliphatic carbocycles. The molecule has 3 aromatic rings. The maximum absolute atomic E-state index is 12.8. The summed E-state index contributed by atoms with van der Waals surface area (Å²) in [6, 6.07) is 6.43. The number of nitrogens with zero attached hydrogens (tertiary/aromatic N) is 5. The Bertz CT molecular complexity index is 1130. The third-order valence-corrected chi connectivity index (χ3v) is 5.76. The summed E-state index contributed by atoms with van der Waals surface area (Å²) >= 11 is 0. The molecule has 1 aliphatic rings. The lowest BCUT2D eigenvalue weighted by Crippen LogP contribution is -2.42. The van der Waals surface area contributed by atoms with E-state index in [-0.39, 0.29) is 24.0 Å². The van der Waals surface area contributed by atoms with Crippen LogP contribution >= 0.6 is 0 Å². The van der Waals surface area contributed by atoms with Gasteiger partial charge in [-0.15, -0.1) is 0 Å². The largest absolute Gasteiger partial charge is 0.352 e. The van der Waals surface area contributed by atoms with Crippen molar-refractivity contribution in [2.24, 2.45) is 13.0 Å². The van der Waals surface area contributed by atoms with Crippen LogP contribution in [0.3, 0.4) is 0 Å². The standard InChI is InChI=1S/C21H24N6O4/c1-24-13-17(12-23-24)21(29)22-11-15-4-7-25(8-5-15)20(28)14-26-9-6-16-10-18(27(30)31)2-3-19(16)26/h2-3,6,9-10,12-13,15H,4-5,7-8,11,14H2,1H3,(H,22,29). The second kappa shape index (κ2) is 8.58. The first-order valence-electron chi connectivity index (χ1n) is 10.2. The van der Waals surface area contributed by atoms with E-state index < -0.39 is 4.92 Å². The van der Waals surface area contributed by atoms with Gasteiger partial charge in [0.05, 0.1) is 16.7 Å². The number of likely N-dealkylation sites (tertiary alicyclic amines) is 1. The quantitative estimate of drug-likeness (QED) is 0.480. The number of aromatic nitrogens is 3. The van der Waals surface area contributed by atoms with Crippen molar-refractivity contribution < 1.29 is 14.5 Å². The molecule has 10 heteroatoms. The van der Waals surface area contributed by atoms with E-state index in [1.54, 1.807) is 42.5 Å². The van der Waals surface area contributed by atoms with Gasteiger partial charge in [0.15, 0.2) is 0 Å². The Morgan fingerprint density at radius 2 is 2.03 bits per heavy atom. The minimum atomic E-state index is -0.425. The molecule has 4 rings (SSSR count). The molecule has 2 aromatic heterocycles. The van der Waals surface area contributed by atoms with Crippen molar-refractivity contribution in [3.05, 3.63) is 58.5 Å².